The molecule has 10 heteroatoms. The Hall–Kier alpha value is -2.01. The van der Waals surface area contributed by atoms with E-state index in [0.717, 1.165) is 10.6 Å². The predicted octanol–water partition coefficient (Wildman–Crippen LogP) is -2.35. The smallest absolute Gasteiger partial charge is 0.330 e. The normalized spacial score (nSPS) is 26.5. The highest BCUT2D eigenvalue weighted by Crippen LogP contribution is 2.30. The molecule has 2 rings (SSSR count). The molecule has 0 spiro atoms. The van der Waals surface area contributed by atoms with Crippen molar-refractivity contribution in [3.8, 4) is 0 Å². The Balaban J connectivity index is 2.16. The van der Waals surface area contributed by atoms with E-state index in [4.69, 9.17) is 9.47 Å². The highest BCUT2D eigenvalue weighted by molar-refractivity contribution is 5.75. The molecule has 10 nitrogen and oxygen atoms in total. The van der Waals surface area contributed by atoms with Crippen LogP contribution >= 0.6 is 0 Å². The van der Waals surface area contributed by atoms with Crippen LogP contribution in [0, 0.1) is 0 Å². The summed E-state index contributed by atoms with van der Waals surface area (Å²) in [6, 6.07) is 1.13. The second kappa shape index (κ2) is 7.71. The van der Waals surface area contributed by atoms with Gasteiger partial charge in [-0.2, -0.15) is 0 Å². The van der Waals surface area contributed by atoms with E-state index in [1.54, 1.807) is 14.1 Å². The quantitative estimate of drug-likeness (QED) is 0.526. The van der Waals surface area contributed by atoms with E-state index < -0.39 is 42.4 Å². The maximum absolute atomic E-state index is 11.9. The molecule has 2 heterocycles. The van der Waals surface area contributed by atoms with Crippen molar-refractivity contribution in [3.63, 3.8) is 0 Å². The van der Waals surface area contributed by atoms with Gasteiger partial charge in [0.25, 0.3) is 5.56 Å². The maximum atomic E-state index is 11.9. The number of aromatic nitrogens is 2. The lowest BCUT2D eigenvalue weighted by Crippen LogP contribution is -2.39. The van der Waals surface area contributed by atoms with Gasteiger partial charge in [-0.1, -0.05) is 0 Å². The Morgan fingerprint density at radius 2 is 2.17 bits per heavy atom. The Kier molecular flexibility index (Phi) is 5.89. The van der Waals surface area contributed by atoms with Crippen molar-refractivity contribution in [2.75, 3.05) is 27.3 Å². The summed E-state index contributed by atoms with van der Waals surface area (Å²) >= 11 is 0. The van der Waals surface area contributed by atoms with Crippen LogP contribution in [-0.4, -0.2) is 76.2 Å². The molecular formula is C14H21N3O7. The van der Waals surface area contributed by atoms with Gasteiger partial charge in [0.2, 0.25) is 5.91 Å². The van der Waals surface area contributed by atoms with Crippen molar-refractivity contribution in [1.82, 2.24) is 14.5 Å². The monoisotopic (exact) mass is 343 g/mol. The summed E-state index contributed by atoms with van der Waals surface area (Å²) in [5.41, 5.74) is -1.29. The van der Waals surface area contributed by atoms with Crippen LogP contribution in [0.15, 0.2) is 21.9 Å². The van der Waals surface area contributed by atoms with Crippen LogP contribution < -0.4 is 11.2 Å². The summed E-state index contributed by atoms with van der Waals surface area (Å²) in [7, 11) is 3.22. The Bertz CT molecular complexity index is 683. The number of nitrogens with zero attached hydrogens (tertiary/aromatic N) is 2. The minimum atomic E-state index is -1.19. The van der Waals surface area contributed by atoms with Gasteiger partial charge in [0.05, 0.1) is 19.6 Å². The van der Waals surface area contributed by atoms with Gasteiger partial charge in [0.15, 0.2) is 6.23 Å². The van der Waals surface area contributed by atoms with Gasteiger partial charge in [-0.05, 0) is 0 Å². The van der Waals surface area contributed by atoms with Gasteiger partial charge in [0.1, 0.15) is 18.3 Å². The van der Waals surface area contributed by atoms with Gasteiger partial charge in [-0.3, -0.25) is 19.1 Å². The Labute approximate surface area is 137 Å². The summed E-state index contributed by atoms with van der Waals surface area (Å²) < 4.78 is 12.1. The molecule has 0 saturated carbocycles. The first kappa shape index (κ1) is 18.3. The summed E-state index contributed by atoms with van der Waals surface area (Å²) in [5, 5.41) is 19.5. The average molecular weight is 343 g/mol. The number of carbonyl (C=O) groups is 1. The summed E-state index contributed by atoms with van der Waals surface area (Å²) in [6.07, 6.45) is -2.82. The number of hydrogen-bond donors (Lipinski definition) is 3. The number of aliphatic hydroxyl groups excluding tert-OH is 2. The number of rotatable bonds is 6. The van der Waals surface area contributed by atoms with E-state index in [0.29, 0.717) is 0 Å². The third-order valence-electron chi connectivity index (χ3n) is 3.74. The molecule has 2 unspecified atom stereocenters. The zero-order valence-electron chi connectivity index (χ0n) is 13.4. The first-order valence-corrected chi connectivity index (χ1v) is 7.42. The second-order valence-corrected chi connectivity index (χ2v) is 5.63. The molecule has 1 aliphatic rings. The number of carbonyl (C=O) groups excluding carboxylic acids is 1. The zero-order chi connectivity index (χ0) is 17.9. The third kappa shape index (κ3) is 3.90. The summed E-state index contributed by atoms with van der Waals surface area (Å²) in [5.74, 6) is -0.153. The molecule has 1 aliphatic heterocycles. The van der Waals surface area contributed by atoms with Crippen LogP contribution in [0.4, 0.5) is 0 Å². The number of amides is 1. The molecular weight excluding hydrogens is 322 g/mol. The second-order valence-electron chi connectivity index (χ2n) is 5.63. The van der Waals surface area contributed by atoms with Crippen LogP contribution in [0.3, 0.4) is 0 Å². The van der Waals surface area contributed by atoms with E-state index in [1.165, 1.54) is 11.1 Å². The van der Waals surface area contributed by atoms with Crippen molar-refractivity contribution in [1.29, 1.82) is 0 Å². The standard InChI is InChI=1S/C14H21N3O7/c1-16(2)10(20)4-6-23-12-11(21)8(7-18)24-13(12)17-5-3-9(19)15-14(17)22/h3,5,8,11-13,18,21H,4,6-7H2,1-2H3,(H,15,19,22)/t8-,11?,12?,13-/m0/s1. The molecule has 134 valence electrons. The highest BCUT2D eigenvalue weighted by atomic mass is 16.6. The molecule has 24 heavy (non-hydrogen) atoms. The molecule has 1 aromatic heterocycles. The van der Waals surface area contributed by atoms with Crippen molar-refractivity contribution < 1.29 is 24.5 Å². The molecule has 1 aromatic rings. The number of aromatic amines is 1. The van der Waals surface area contributed by atoms with E-state index in [2.05, 4.69) is 4.98 Å². The fraction of sp³-hybridized carbons (Fsp3) is 0.643. The van der Waals surface area contributed by atoms with Crippen molar-refractivity contribution >= 4 is 5.91 Å². The zero-order valence-corrected chi connectivity index (χ0v) is 13.4. The first-order valence-electron chi connectivity index (χ1n) is 7.42. The topological polar surface area (TPSA) is 134 Å². The fourth-order valence-corrected chi connectivity index (χ4v) is 2.41. The summed E-state index contributed by atoms with van der Waals surface area (Å²) in [4.78, 5) is 38.1. The minimum absolute atomic E-state index is 0.00878. The van der Waals surface area contributed by atoms with Crippen LogP contribution in [0.25, 0.3) is 0 Å². The van der Waals surface area contributed by atoms with Crippen LogP contribution in [0.5, 0.6) is 0 Å². The molecule has 0 bridgehead atoms. The van der Waals surface area contributed by atoms with Gasteiger partial charge < -0.3 is 24.6 Å². The SMILES string of the molecule is CN(C)C(=O)CCOC1C(O)[C@H](CO)O[C@@H]1n1ccc(=O)[nH]c1=O. The molecule has 1 fully saturated rings. The Morgan fingerprint density at radius 1 is 1.46 bits per heavy atom. The molecule has 0 aliphatic carbocycles. The molecule has 1 saturated heterocycles. The molecule has 0 aromatic carbocycles. The van der Waals surface area contributed by atoms with Crippen LogP contribution in [-0.2, 0) is 14.3 Å². The van der Waals surface area contributed by atoms with Crippen LogP contribution in [0.2, 0.25) is 0 Å². The Morgan fingerprint density at radius 3 is 2.75 bits per heavy atom. The third-order valence-corrected chi connectivity index (χ3v) is 3.74. The molecule has 4 atom stereocenters. The number of ether oxygens (including phenoxy) is 2. The molecule has 1 amide bonds. The number of H-pyrrole nitrogens is 1. The molecule has 0 radical (unpaired) electrons. The lowest BCUT2D eigenvalue weighted by atomic mass is 10.1. The van der Waals surface area contributed by atoms with Crippen LogP contribution in [0.1, 0.15) is 12.6 Å². The maximum Gasteiger partial charge on any atom is 0.330 e. The van der Waals surface area contributed by atoms with E-state index >= 15 is 0 Å². The van der Waals surface area contributed by atoms with E-state index in [1.807, 2.05) is 0 Å². The van der Waals surface area contributed by atoms with Gasteiger partial charge in [-0.15, -0.1) is 0 Å². The lowest BCUT2D eigenvalue weighted by Gasteiger charge is -2.22. The average Bonchev–Trinajstić information content (AvgIpc) is 2.83. The molecule has 3 N–H and O–H groups in total. The predicted molar refractivity (Wildman–Crippen MR) is 81.4 cm³/mol. The van der Waals surface area contributed by atoms with E-state index in [-0.39, 0.29) is 18.9 Å². The van der Waals surface area contributed by atoms with Gasteiger partial charge in [0, 0.05) is 26.4 Å². The minimum Gasteiger partial charge on any atom is -0.394 e. The number of nitrogens with one attached hydrogen (secondary N) is 1. The first-order chi connectivity index (χ1) is 11.3. The van der Waals surface area contributed by atoms with Gasteiger partial charge >= 0.3 is 5.69 Å². The van der Waals surface area contributed by atoms with E-state index in [9.17, 15) is 24.6 Å². The van der Waals surface area contributed by atoms with Gasteiger partial charge in [-0.25, -0.2) is 4.79 Å². The summed E-state index contributed by atoms with van der Waals surface area (Å²) in [6.45, 7) is -0.457. The fourth-order valence-electron chi connectivity index (χ4n) is 2.41. The van der Waals surface area contributed by atoms with Crippen molar-refractivity contribution in [2.24, 2.45) is 0 Å². The highest BCUT2D eigenvalue weighted by Gasteiger charge is 2.45. The number of hydrogen-bond acceptors (Lipinski definition) is 7. The van der Waals surface area contributed by atoms with Crippen molar-refractivity contribution in [2.45, 2.75) is 31.0 Å². The lowest BCUT2D eigenvalue weighted by molar-refractivity contribution is -0.132. The number of aliphatic hydroxyl groups is 2. The van der Waals surface area contributed by atoms with Crippen molar-refractivity contribution in [3.05, 3.63) is 33.1 Å². The largest absolute Gasteiger partial charge is 0.394 e.